The normalized spacial score (nSPS) is 19.7. The predicted octanol–water partition coefficient (Wildman–Crippen LogP) is 1.19. The highest BCUT2D eigenvalue weighted by Crippen LogP contribution is 2.10. The Morgan fingerprint density at radius 1 is 1.80 bits per heavy atom. The molecule has 56 valence electrons. The van der Waals surface area contributed by atoms with Crippen molar-refractivity contribution in [3.8, 4) is 0 Å². The molecule has 0 saturated carbocycles. The van der Waals surface area contributed by atoms with E-state index in [9.17, 15) is 0 Å². The van der Waals surface area contributed by atoms with Gasteiger partial charge in [0.25, 0.3) is 0 Å². The lowest BCUT2D eigenvalue weighted by atomic mass is 10.4. The van der Waals surface area contributed by atoms with Crippen molar-refractivity contribution in [3.63, 3.8) is 0 Å². The highest BCUT2D eigenvalue weighted by molar-refractivity contribution is 5.52. The summed E-state index contributed by atoms with van der Waals surface area (Å²) in [5.74, 6) is 0.657. The van der Waals surface area contributed by atoms with Gasteiger partial charge in [0.15, 0.2) is 0 Å². The second-order valence-electron chi connectivity index (χ2n) is 2.09. The first-order valence-corrected chi connectivity index (χ1v) is 3.42. The van der Waals surface area contributed by atoms with Crippen LogP contribution in [0.15, 0.2) is 17.6 Å². The van der Waals surface area contributed by atoms with Gasteiger partial charge in [-0.25, -0.2) is 5.01 Å². The third-order valence-electron chi connectivity index (χ3n) is 1.33. The number of hydrogen-bond donors (Lipinski definition) is 0. The van der Waals surface area contributed by atoms with Crippen LogP contribution in [-0.4, -0.2) is 24.4 Å². The minimum atomic E-state index is 0.657. The molecule has 0 amide bonds. The lowest BCUT2D eigenvalue weighted by molar-refractivity contribution is 0.0684. The van der Waals surface area contributed by atoms with Gasteiger partial charge < -0.3 is 4.74 Å². The molecule has 0 aliphatic carbocycles. The number of nitrogens with zero attached hydrogens (tertiary/aromatic N) is 2. The molecule has 0 aromatic heterocycles. The van der Waals surface area contributed by atoms with E-state index < -0.39 is 0 Å². The van der Waals surface area contributed by atoms with Crippen molar-refractivity contribution in [2.75, 3.05) is 13.2 Å². The van der Waals surface area contributed by atoms with E-state index in [1.54, 1.807) is 11.2 Å². The molecule has 0 unspecified atom stereocenters. The topological polar surface area (TPSA) is 24.8 Å². The van der Waals surface area contributed by atoms with Gasteiger partial charge in [-0.2, -0.15) is 5.10 Å². The molecule has 0 radical (unpaired) electrons. The van der Waals surface area contributed by atoms with Gasteiger partial charge in [0.05, 0.1) is 6.61 Å². The summed E-state index contributed by atoms with van der Waals surface area (Å²) in [5.41, 5.74) is 0. The van der Waals surface area contributed by atoms with Gasteiger partial charge in [0, 0.05) is 19.2 Å². The standard InChI is InChI=1S/C7H12N2O/c1-3-8-9-5-4-6-10-7(9)2/h3H,2,4-6H2,1H3/b8-3-. The van der Waals surface area contributed by atoms with Gasteiger partial charge in [0.1, 0.15) is 0 Å². The van der Waals surface area contributed by atoms with E-state index in [0.29, 0.717) is 5.88 Å². The maximum Gasteiger partial charge on any atom is 0.202 e. The van der Waals surface area contributed by atoms with Crippen molar-refractivity contribution in [2.45, 2.75) is 13.3 Å². The van der Waals surface area contributed by atoms with E-state index >= 15 is 0 Å². The summed E-state index contributed by atoms with van der Waals surface area (Å²) in [6.07, 6.45) is 2.76. The number of hydrazone groups is 1. The molecular formula is C7H12N2O. The Morgan fingerprint density at radius 3 is 3.20 bits per heavy atom. The average Bonchev–Trinajstić information content (AvgIpc) is 1.94. The van der Waals surface area contributed by atoms with Crippen LogP contribution in [0.4, 0.5) is 0 Å². The molecule has 1 heterocycles. The van der Waals surface area contributed by atoms with Crippen molar-refractivity contribution >= 4 is 6.21 Å². The molecule has 1 aliphatic rings. The maximum atomic E-state index is 5.16. The van der Waals surface area contributed by atoms with E-state index in [-0.39, 0.29) is 0 Å². The smallest absolute Gasteiger partial charge is 0.202 e. The SMILES string of the molecule is C=C1OCCCN1/N=C\C. The number of hydrogen-bond acceptors (Lipinski definition) is 3. The molecule has 0 spiro atoms. The van der Waals surface area contributed by atoms with E-state index in [1.165, 1.54) is 0 Å². The summed E-state index contributed by atoms with van der Waals surface area (Å²) in [4.78, 5) is 0. The molecule has 1 rings (SSSR count). The molecule has 1 saturated heterocycles. The van der Waals surface area contributed by atoms with Crippen molar-refractivity contribution in [1.82, 2.24) is 5.01 Å². The van der Waals surface area contributed by atoms with Crippen LogP contribution in [0, 0.1) is 0 Å². The van der Waals surface area contributed by atoms with Crippen molar-refractivity contribution < 1.29 is 4.74 Å². The largest absolute Gasteiger partial charge is 0.478 e. The molecule has 3 nitrogen and oxygen atoms in total. The van der Waals surface area contributed by atoms with Crippen molar-refractivity contribution in [1.29, 1.82) is 0 Å². The van der Waals surface area contributed by atoms with Crippen LogP contribution in [0.3, 0.4) is 0 Å². The molecular weight excluding hydrogens is 128 g/mol. The lowest BCUT2D eigenvalue weighted by Gasteiger charge is -2.25. The summed E-state index contributed by atoms with van der Waals surface area (Å²) in [5, 5.41) is 5.82. The second kappa shape index (κ2) is 3.25. The fourth-order valence-corrected chi connectivity index (χ4v) is 0.865. The van der Waals surface area contributed by atoms with Crippen LogP contribution >= 0.6 is 0 Å². The first-order chi connectivity index (χ1) is 4.84. The molecule has 10 heavy (non-hydrogen) atoms. The highest BCUT2D eigenvalue weighted by Gasteiger charge is 2.11. The molecule has 0 aromatic carbocycles. The molecule has 0 atom stereocenters. The average molecular weight is 140 g/mol. The molecule has 3 heteroatoms. The zero-order valence-electron chi connectivity index (χ0n) is 6.21. The fourth-order valence-electron chi connectivity index (χ4n) is 0.865. The van der Waals surface area contributed by atoms with Crippen molar-refractivity contribution in [3.05, 3.63) is 12.5 Å². The summed E-state index contributed by atoms with van der Waals surface area (Å²) >= 11 is 0. The van der Waals surface area contributed by atoms with Crippen LogP contribution in [0.5, 0.6) is 0 Å². The van der Waals surface area contributed by atoms with Gasteiger partial charge in [-0.3, -0.25) is 0 Å². The Kier molecular flexibility index (Phi) is 2.31. The molecule has 0 bridgehead atoms. The van der Waals surface area contributed by atoms with Gasteiger partial charge in [-0.15, -0.1) is 0 Å². The zero-order chi connectivity index (χ0) is 7.40. The Morgan fingerprint density at radius 2 is 2.60 bits per heavy atom. The molecule has 1 aliphatic heterocycles. The Balaban J connectivity index is 2.48. The fraction of sp³-hybridized carbons (Fsp3) is 0.571. The van der Waals surface area contributed by atoms with E-state index in [1.807, 2.05) is 6.92 Å². The number of rotatable bonds is 1. The first-order valence-electron chi connectivity index (χ1n) is 3.42. The first kappa shape index (κ1) is 7.12. The number of ether oxygens (including phenoxy) is 1. The van der Waals surface area contributed by atoms with Crippen molar-refractivity contribution in [2.24, 2.45) is 5.10 Å². The maximum absolute atomic E-state index is 5.16. The third-order valence-corrected chi connectivity index (χ3v) is 1.33. The van der Waals surface area contributed by atoms with E-state index in [4.69, 9.17) is 4.74 Å². The summed E-state index contributed by atoms with van der Waals surface area (Å²) in [6.45, 7) is 7.27. The van der Waals surface area contributed by atoms with Gasteiger partial charge in [-0.05, 0) is 13.5 Å². The lowest BCUT2D eigenvalue weighted by Crippen LogP contribution is -2.25. The van der Waals surface area contributed by atoms with Crippen LogP contribution in [0.25, 0.3) is 0 Å². The van der Waals surface area contributed by atoms with E-state index in [2.05, 4.69) is 11.7 Å². The minimum Gasteiger partial charge on any atom is -0.478 e. The summed E-state index contributed by atoms with van der Waals surface area (Å²) < 4.78 is 5.16. The zero-order valence-corrected chi connectivity index (χ0v) is 6.21. The van der Waals surface area contributed by atoms with Gasteiger partial charge >= 0.3 is 0 Å². The summed E-state index contributed by atoms with van der Waals surface area (Å²) in [7, 11) is 0. The second-order valence-corrected chi connectivity index (χ2v) is 2.09. The van der Waals surface area contributed by atoms with Gasteiger partial charge in [-0.1, -0.05) is 0 Å². The van der Waals surface area contributed by atoms with E-state index in [0.717, 1.165) is 19.6 Å². The van der Waals surface area contributed by atoms with Crippen LogP contribution in [-0.2, 0) is 4.74 Å². The molecule has 0 aromatic rings. The Bertz CT molecular complexity index is 154. The van der Waals surface area contributed by atoms with Gasteiger partial charge in [0.2, 0.25) is 5.88 Å². The van der Waals surface area contributed by atoms with Crippen LogP contribution in [0.2, 0.25) is 0 Å². The molecule has 1 fully saturated rings. The summed E-state index contributed by atoms with van der Waals surface area (Å²) in [6, 6.07) is 0. The quantitative estimate of drug-likeness (QED) is 0.511. The minimum absolute atomic E-state index is 0.657. The monoisotopic (exact) mass is 140 g/mol. The van der Waals surface area contributed by atoms with Crippen LogP contribution < -0.4 is 0 Å². The Hall–Kier alpha value is -0.990. The predicted molar refractivity (Wildman–Crippen MR) is 40.6 cm³/mol. The van der Waals surface area contributed by atoms with Crippen LogP contribution in [0.1, 0.15) is 13.3 Å². The highest BCUT2D eigenvalue weighted by atomic mass is 16.5. The third kappa shape index (κ3) is 1.50. The Labute approximate surface area is 61.0 Å². The molecule has 0 N–H and O–H groups in total.